The molecular weight excluding hydrogens is 244 g/mol. The molecule has 0 bridgehead atoms. The Kier molecular flexibility index (Phi) is 5.92. The van der Waals surface area contributed by atoms with Crippen molar-refractivity contribution in [3.8, 4) is 0 Å². The van der Waals surface area contributed by atoms with Gasteiger partial charge in [-0.15, -0.1) is 0 Å². The van der Waals surface area contributed by atoms with Gasteiger partial charge < -0.3 is 5.32 Å². The molecule has 0 aromatic rings. The van der Waals surface area contributed by atoms with E-state index >= 15 is 0 Å². The number of piperidine rings is 1. The van der Waals surface area contributed by atoms with E-state index in [-0.39, 0.29) is 5.54 Å². The Balaban J connectivity index is 1.92. The SMILES string of the molecule is CCC1CCCC(N2CCCCC2CNC(C)(C)C)C1. The third-order valence-corrected chi connectivity index (χ3v) is 5.34. The second-order valence-corrected chi connectivity index (χ2v) is 8.11. The van der Waals surface area contributed by atoms with E-state index in [0.29, 0.717) is 0 Å². The zero-order valence-electron chi connectivity index (χ0n) is 14.3. The highest BCUT2D eigenvalue weighted by molar-refractivity contribution is 4.88. The largest absolute Gasteiger partial charge is 0.311 e. The Labute approximate surface area is 126 Å². The van der Waals surface area contributed by atoms with E-state index in [4.69, 9.17) is 0 Å². The van der Waals surface area contributed by atoms with Gasteiger partial charge in [-0.05, 0) is 58.9 Å². The van der Waals surface area contributed by atoms with E-state index in [9.17, 15) is 0 Å². The van der Waals surface area contributed by atoms with Crippen LogP contribution in [0.25, 0.3) is 0 Å². The molecule has 118 valence electrons. The van der Waals surface area contributed by atoms with E-state index in [1.54, 1.807) is 0 Å². The molecule has 1 saturated carbocycles. The molecule has 1 saturated heterocycles. The normalized spacial score (nSPS) is 33.3. The monoisotopic (exact) mass is 280 g/mol. The smallest absolute Gasteiger partial charge is 0.0223 e. The molecule has 2 heteroatoms. The first-order chi connectivity index (χ1) is 9.49. The first-order valence-electron chi connectivity index (χ1n) is 9.00. The highest BCUT2D eigenvalue weighted by Gasteiger charge is 2.32. The standard InChI is InChI=1S/C18H36N2/c1-5-15-9-8-11-16(13-15)20-12-7-6-10-17(20)14-19-18(2,3)4/h15-17,19H,5-14H2,1-4H3. The van der Waals surface area contributed by atoms with Crippen LogP contribution in [-0.2, 0) is 0 Å². The van der Waals surface area contributed by atoms with E-state index in [2.05, 4.69) is 37.9 Å². The molecule has 3 unspecified atom stereocenters. The maximum atomic E-state index is 3.74. The molecule has 0 radical (unpaired) electrons. The van der Waals surface area contributed by atoms with Crippen LogP contribution in [-0.4, -0.2) is 35.6 Å². The van der Waals surface area contributed by atoms with E-state index in [1.807, 2.05) is 0 Å². The average molecular weight is 280 g/mol. The molecule has 1 aliphatic carbocycles. The molecule has 3 atom stereocenters. The number of rotatable bonds is 4. The van der Waals surface area contributed by atoms with Crippen LogP contribution in [0.1, 0.15) is 79.1 Å². The van der Waals surface area contributed by atoms with Crippen LogP contribution in [0.3, 0.4) is 0 Å². The predicted molar refractivity (Wildman–Crippen MR) is 88.1 cm³/mol. The van der Waals surface area contributed by atoms with Crippen molar-refractivity contribution in [1.29, 1.82) is 0 Å². The Morgan fingerprint density at radius 1 is 1.05 bits per heavy atom. The molecule has 0 aromatic carbocycles. The van der Waals surface area contributed by atoms with Crippen LogP contribution < -0.4 is 5.32 Å². The molecule has 0 spiro atoms. The first kappa shape index (κ1) is 16.3. The summed E-state index contributed by atoms with van der Waals surface area (Å²) in [5, 5.41) is 3.74. The minimum atomic E-state index is 0.252. The molecule has 2 aliphatic rings. The first-order valence-corrected chi connectivity index (χ1v) is 9.00. The number of nitrogens with one attached hydrogen (secondary N) is 1. The maximum absolute atomic E-state index is 3.74. The molecule has 2 nitrogen and oxygen atoms in total. The number of likely N-dealkylation sites (tertiary alicyclic amines) is 1. The lowest BCUT2D eigenvalue weighted by atomic mass is 9.82. The predicted octanol–water partition coefficient (Wildman–Crippen LogP) is 4.20. The number of hydrogen-bond donors (Lipinski definition) is 1. The van der Waals surface area contributed by atoms with Crippen molar-refractivity contribution in [2.24, 2.45) is 5.92 Å². The van der Waals surface area contributed by atoms with Gasteiger partial charge in [0.05, 0.1) is 0 Å². The van der Waals surface area contributed by atoms with Crippen molar-refractivity contribution in [2.45, 2.75) is 96.7 Å². The molecule has 0 aromatic heterocycles. The lowest BCUT2D eigenvalue weighted by Crippen LogP contribution is -2.53. The van der Waals surface area contributed by atoms with E-state index < -0.39 is 0 Å². The van der Waals surface area contributed by atoms with Crippen LogP contribution in [0.15, 0.2) is 0 Å². The van der Waals surface area contributed by atoms with Gasteiger partial charge in [-0.3, -0.25) is 4.90 Å². The van der Waals surface area contributed by atoms with Crippen molar-refractivity contribution in [3.05, 3.63) is 0 Å². The molecule has 1 N–H and O–H groups in total. The zero-order chi connectivity index (χ0) is 14.6. The van der Waals surface area contributed by atoms with Crippen molar-refractivity contribution in [3.63, 3.8) is 0 Å². The summed E-state index contributed by atoms with van der Waals surface area (Å²) in [6.45, 7) is 11.8. The minimum absolute atomic E-state index is 0.252. The molecule has 0 amide bonds. The highest BCUT2D eigenvalue weighted by Crippen LogP contribution is 2.33. The topological polar surface area (TPSA) is 15.3 Å². The van der Waals surface area contributed by atoms with Crippen LogP contribution in [0, 0.1) is 5.92 Å². The lowest BCUT2D eigenvalue weighted by Gasteiger charge is -2.45. The van der Waals surface area contributed by atoms with Gasteiger partial charge in [0.1, 0.15) is 0 Å². The number of nitrogens with zero attached hydrogens (tertiary/aromatic N) is 1. The van der Waals surface area contributed by atoms with Gasteiger partial charge in [-0.25, -0.2) is 0 Å². The van der Waals surface area contributed by atoms with Crippen LogP contribution in [0.5, 0.6) is 0 Å². The zero-order valence-corrected chi connectivity index (χ0v) is 14.3. The molecule has 1 heterocycles. The Hall–Kier alpha value is -0.0800. The van der Waals surface area contributed by atoms with Crippen LogP contribution >= 0.6 is 0 Å². The fraction of sp³-hybridized carbons (Fsp3) is 1.00. The maximum Gasteiger partial charge on any atom is 0.0223 e. The van der Waals surface area contributed by atoms with Crippen LogP contribution in [0.4, 0.5) is 0 Å². The molecule has 2 rings (SSSR count). The third kappa shape index (κ3) is 4.73. The summed E-state index contributed by atoms with van der Waals surface area (Å²) in [6, 6.07) is 1.66. The fourth-order valence-electron chi connectivity index (χ4n) is 4.08. The van der Waals surface area contributed by atoms with Gasteiger partial charge in [0.15, 0.2) is 0 Å². The van der Waals surface area contributed by atoms with Gasteiger partial charge in [0.2, 0.25) is 0 Å². The number of hydrogen-bond acceptors (Lipinski definition) is 2. The second kappa shape index (κ2) is 7.26. The van der Waals surface area contributed by atoms with Gasteiger partial charge in [0.25, 0.3) is 0 Å². The van der Waals surface area contributed by atoms with Crippen LogP contribution in [0.2, 0.25) is 0 Å². The summed E-state index contributed by atoms with van der Waals surface area (Å²) in [4.78, 5) is 2.88. The van der Waals surface area contributed by atoms with Crippen molar-refractivity contribution in [2.75, 3.05) is 13.1 Å². The molecule has 20 heavy (non-hydrogen) atoms. The van der Waals surface area contributed by atoms with Gasteiger partial charge in [0, 0.05) is 24.2 Å². The third-order valence-electron chi connectivity index (χ3n) is 5.34. The van der Waals surface area contributed by atoms with Crippen molar-refractivity contribution < 1.29 is 0 Å². The average Bonchev–Trinajstić information content (AvgIpc) is 2.45. The molecular formula is C18H36N2. The van der Waals surface area contributed by atoms with E-state index in [0.717, 1.165) is 18.0 Å². The van der Waals surface area contributed by atoms with Gasteiger partial charge in [-0.2, -0.15) is 0 Å². The Bertz CT molecular complexity index is 282. The summed E-state index contributed by atoms with van der Waals surface area (Å²) < 4.78 is 0. The Morgan fingerprint density at radius 3 is 2.55 bits per heavy atom. The second-order valence-electron chi connectivity index (χ2n) is 8.11. The summed E-state index contributed by atoms with van der Waals surface area (Å²) in [5.74, 6) is 0.993. The molecule has 2 fully saturated rings. The van der Waals surface area contributed by atoms with Gasteiger partial charge in [-0.1, -0.05) is 32.6 Å². The summed E-state index contributed by atoms with van der Waals surface area (Å²) >= 11 is 0. The minimum Gasteiger partial charge on any atom is -0.311 e. The van der Waals surface area contributed by atoms with E-state index in [1.165, 1.54) is 64.5 Å². The summed E-state index contributed by atoms with van der Waals surface area (Å²) in [5.41, 5.74) is 0.252. The summed E-state index contributed by atoms with van der Waals surface area (Å²) in [6.07, 6.45) is 11.5. The quantitative estimate of drug-likeness (QED) is 0.830. The van der Waals surface area contributed by atoms with Crippen molar-refractivity contribution in [1.82, 2.24) is 10.2 Å². The van der Waals surface area contributed by atoms with Crippen molar-refractivity contribution >= 4 is 0 Å². The lowest BCUT2D eigenvalue weighted by molar-refractivity contribution is 0.0545. The molecule has 1 aliphatic heterocycles. The fourth-order valence-corrected chi connectivity index (χ4v) is 4.08. The summed E-state index contributed by atoms with van der Waals surface area (Å²) in [7, 11) is 0. The van der Waals surface area contributed by atoms with Gasteiger partial charge >= 0.3 is 0 Å². The highest BCUT2D eigenvalue weighted by atomic mass is 15.2. The Morgan fingerprint density at radius 2 is 1.85 bits per heavy atom.